The second-order valence-electron chi connectivity index (χ2n) is 4.75. The van der Waals surface area contributed by atoms with Gasteiger partial charge in [0.15, 0.2) is 5.69 Å². The second-order valence-corrected chi connectivity index (χ2v) is 4.75. The van der Waals surface area contributed by atoms with E-state index < -0.39 is 17.8 Å². The molecule has 2 N–H and O–H groups in total. The third kappa shape index (κ3) is 2.73. The van der Waals surface area contributed by atoms with Gasteiger partial charge in [0, 0.05) is 5.92 Å². The van der Waals surface area contributed by atoms with Crippen molar-refractivity contribution < 1.29 is 19.5 Å². The maximum absolute atomic E-state index is 11.4. The lowest BCUT2D eigenvalue weighted by Crippen LogP contribution is -2.52. The van der Waals surface area contributed by atoms with Crippen LogP contribution in [-0.2, 0) is 9.59 Å². The van der Waals surface area contributed by atoms with Gasteiger partial charge in [0.25, 0.3) is 0 Å². The number of aromatic nitrogens is 2. The molecular formula is C12H14N4O4. The van der Waals surface area contributed by atoms with Crippen molar-refractivity contribution >= 4 is 23.5 Å². The molecule has 0 aliphatic carbocycles. The monoisotopic (exact) mass is 278 g/mol. The van der Waals surface area contributed by atoms with Crippen LogP contribution in [0, 0.1) is 0 Å². The number of nitrogens with one attached hydrogen (secondary N) is 1. The van der Waals surface area contributed by atoms with Crippen molar-refractivity contribution in [3.8, 4) is 0 Å². The zero-order valence-corrected chi connectivity index (χ0v) is 11.1. The van der Waals surface area contributed by atoms with Crippen LogP contribution < -0.4 is 10.2 Å². The first-order chi connectivity index (χ1) is 9.38. The molecule has 0 radical (unpaired) electrons. The fourth-order valence-electron chi connectivity index (χ4n) is 1.86. The van der Waals surface area contributed by atoms with Gasteiger partial charge < -0.3 is 10.0 Å². The number of aromatic carboxylic acids is 1. The van der Waals surface area contributed by atoms with Crippen LogP contribution in [0.3, 0.4) is 0 Å². The molecule has 0 saturated carbocycles. The lowest BCUT2D eigenvalue weighted by molar-refractivity contribution is -0.130. The van der Waals surface area contributed by atoms with Gasteiger partial charge in [0.1, 0.15) is 5.82 Å². The van der Waals surface area contributed by atoms with Gasteiger partial charge in [-0.2, -0.15) is 0 Å². The minimum absolute atomic E-state index is 0.0200. The van der Waals surface area contributed by atoms with Crippen LogP contribution in [0.15, 0.2) is 6.20 Å². The summed E-state index contributed by atoms with van der Waals surface area (Å²) in [4.78, 5) is 43.4. The van der Waals surface area contributed by atoms with Crippen molar-refractivity contribution in [2.45, 2.75) is 19.8 Å². The van der Waals surface area contributed by atoms with Crippen LogP contribution in [0.2, 0.25) is 0 Å². The minimum Gasteiger partial charge on any atom is -0.476 e. The molecule has 1 aliphatic heterocycles. The lowest BCUT2D eigenvalue weighted by atomic mass is 10.2. The molecule has 0 bridgehead atoms. The summed E-state index contributed by atoms with van der Waals surface area (Å²) in [6, 6.07) is 0. The van der Waals surface area contributed by atoms with Gasteiger partial charge in [-0.05, 0) is 0 Å². The summed E-state index contributed by atoms with van der Waals surface area (Å²) in [6.07, 6.45) is 1.34. The number of carboxylic acid groups (broad SMARTS) is 1. The Hall–Kier alpha value is -2.51. The number of anilines is 1. The summed E-state index contributed by atoms with van der Waals surface area (Å²) < 4.78 is 0. The van der Waals surface area contributed by atoms with Gasteiger partial charge in [-0.3, -0.25) is 14.9 Å². The quantitative estimate of drug-likeness (QED) is 0.734. The molecule has 1 aromatic rings. The van der Waals surface area contributed by atoms with E-state index in [0.29, 0.717) is 5.82 Å². The van der Waals surface area contributed by atoms with Crippen LogP contribution >= 0.6 is 0 Å². The standard InChI is InChI=1S/C12H14N4O4/c1-6(2)11-13-3-7(10(15-11)12(19)20)16-4-8(17)14-9(18)5-16/h3,6H,4-5H2,1-2H3,(H,19,20)(H,14,17,18). The van der Waals surface area contributed by atoms with Crippen LogP contribution in [0.4, 0.5) is 5.69 Å². The molecule has 8 heteroatoms. The van der Waals surface area contributed by atoms with Crippen LogP contribution in [0.1, 0.15) is 36.1 Å². The molecule has 0 atom stereocenters. The second kappa shape index (κ2) is 5.24. The Morgan fingerprint density at radius 1 is 1.35 bits per heavy atom. The summed E-state index contributed by atoms with van der Waals surface area (Å²) in [7, 11) is 0. The first-order valence-electron chi connectivity index (χ1n) is 6.06. The SMILES string of the molecule is CC(C)c1ncc(N2CC(=O)NC(=O)C2)c(C(=O)O)n1. The average molecular weight is 278 g/mol. The first kappa shape index (κ1) is 13.9. The molecule has 8 nitrogen and oxygen atoms in total. The predicted molar refractivity (Wildman–Crippen MR) is 68.4 cm³/mol. The van der Waals surface area contributed by atoms with Crippen molar-refractivity contribution in [1.82, 2.24) is 15.3 Å². The van der Waals surface area contributed by atoms with Gasteiger partial charge in [-0.15, -0.1) is 0 Å². The Balaban J connectivity index is 2.42. The zero-order valence-electron chi connectivity index (χ0n) is 11.1. The van der Waals surface area contributed by atoms with E-state index in [0.717, 1.165) is 0 Å². The predicted octanol–water partition coefficient (Wildman–Crippen LogP) is -0.239. The summed E-state index contributed by atoms with van der Waals surface area (Å²) in [5.41, 5.74) is -0.0312. The van der Waals surface area contributed by atoms with E-state index in [-0.39, 0.29) is 30.4 Å². The number of carbonyl (C=O) groups is 3. The Labute approximate surface area is 114 Å². The number of carbonyl (C=O) groups excluding carboxylic acids is 2. The summed E-state index contributed by atoms with van der Waals surface area (Å²) in [5.74, 6) is -1.80. The summed E-state index contributed by atoms with van der Waals surface area (Å²) in [6.45, 7) is 3.49. The Morgan fingerprint density at radius 3 is 2.45 bits per heavy atom. The number of carboxylic acids is 1. The molecule has 2 rings (SSSR count). The van der Waals surface area contributed by atoms with Crippen LogP contribution in [0.5, 0.6) is 0 Å². The van der Waals surface area contributed by atoms with Crippen molar-refractivity contribution in [2.75, 3.05) is 18.0 Å². The van der Waals surface area contributed by atoms with Gasteiger partial charge in [0.05, 0.1) is 25.0 Å². The van der Waals surface area contributed by atoms with E-state index in [1.165, 1.54) is 11.1 Å². The van der Waals surface area contributed by atoms with Gasteiger partial charge in [0.2, 0.25) is 11.8 Å². The highest BCUT2D eigenvalue weighted by Gasteiger charge is 2.27. The smallest absolute Gasteiger partial charge is 0.356 e. The molecule has 106 valence electrons. The molecule has 0 unspecified atom stereocenters. The highest BCUT2D eigenvalue weighted by molar-refractivity contribution is 6.04. The van der Waals surface area contributed by atoms with Crippen LogP contribution in [0.25, 0.3) is 0 Å². The maximum Gasteiger partial charge on any atom is 0.356 e. The number of piperazine rings is 1. The molecule has 1 aliphatic rings. The molecule has 0 spiro atoms. The third-order valence-electron chi connectivity index (χ3n) is 2.80. The van der Waals surface area contributed by atoms with Crippen molar-refractivity contribution in [1.29, 1.82) is 0 Å². The van der Waals surface area contributed by atoms with Crippen molar-refractivity contribution in [3.63, 3.8) is 0 Å². The number of hydrogen-bond acceptors (Lipinski definition) is 6. The van der Waals surface area contributed by atoms with E-state index in [1.807, 2.05) is 13.8 Å². The Bertz CT molecular complexity index is 569. The fraction of sp³-hybridized carbons (Fsp3) is 0.417. The number of nitrogens with zero attached hydrogens (tertiary/aromatic N) is 3. The van der Waals surface area contributed by atoms with Gasteiger partial charge >= 0.3 is 5.97 Å². The van der Waals surface area contributed by atoms with E-state index in [1.54, 1.807) is 0 Å². The summed E-state index contributed by atoms with van der Waals surface area (Å²) in [5, 5.41) is 11.4. The average Bonchev–Trinajstić information content (AvgIpc) is 2.36. The van der Waals surface area contributed by atoms with Gasteiger partial charge in [-0.25, -0.2) is 14.8 Å². The number of hydrogen-bond donors (Lipinski definition) is 2. The molecular weight excluding hydrogens is 264 g/mol. The number of imide groups is 1. The minimum atomic E-state index is -1.22. The van der Waals surface area contributed by atoms with E-state index in [9.17, 15) is 19.5 Å². The summed E-state index contributed by atoms with van der Waals surface area (Å²) >= 11 is 0. The third-order valence-corrected chi connectivity index (χ3v) is 2.80. The highest BCUT2D eigenvalue weighted by Crippen LogP contribution is 2.21. The van der Waals surface area contributed by atoms with Gasteiger partial charge in [-0.1, -0.05) is 13.8 Å². The lowest BCUT2D eigenvalue weighted by Gasteiger charge is -2.27. The van der Waals surface area contributed by atoms with E-state index in [2.05, 4.69) is 15.3 Å². The topological polar surface area (TPSA) is 112 Å². The van der Waals surface area contributed by atoms with Crippen LogP contribution in [-0.4, -0.2) is 45.9 Å². The molecule has 2 amide bonds. The first-order valence-corrected chi connectivity index (χ1v) is 6.06. The molecule has 1 aromatic heterocycles. The number of amides is 2. The van der Waals surface area contributed by atoms with Crippen molar-refractivity contribution in [2.24, 2.45) is 0 Å². The fourth-order valence-corrected chi connectivity index (χ4v) is 1.86. The largest absolute Gasteiger partial charge is 0.476 e. The Morgan fingerprint density at radius 2 is 1.95 bits per heavy atom. The normalized spacial score (nSPS) is 15.4. The molecule has 0 aromatic carbocycles. The molecule has 1 saturated heterocycles. The highest BCUT2D eigenvalue weighted by atomic mass is 16.4. The maximum atomic E-state index is 11.4. The van der Waals surface area contributed by atoms with E-state index >= 15 is 0 Å². The zero-order chi connectivity index (χ0) is 14.9. The van der Waals surface area contributed by atoms with Crippen molar-refractivity contribution in [3.05, 3.63) is 17.7 Å². The molecule has 1 fully saturated rings. The van der Waals surface area contributed by atoms with E-state index in [4.69, 9.17) is 0 Å². The Kier molecular flexibility index (Phi) is 3.64. The molecule has 20 heavy (non-hydrogen) atoms. The number of rotatable bonds is 3. The molecule has 2 heterocycles.